The van der Waals surface area contributed by atoms with Crippen molar-refractivity contribution in [3.8, 4) is 0 Å². The number of aromatic nitrogens is 2. The molecular weight excluding hydrogens is 421 g/mol. The minimum atomic E-state index is -4.45. The number of hydrogen-bond donors (Lipinski definition) is 1. The van der Waals surface area contributed by atoms with Gasteiger partial charge < -0.3 is 20.0 Å². The molecule has 0 radical (unpaired) electrons. The van der Waals surface area contributed by atoms with Crippen molar-refractivity contribution < 1.29 is 18.0 Å². The Bertz CT molecular complexity index is 920. The van der Waals surface area contributed by atoms with Crippen molar-refractivity contribution in [2.75, 3.05) is 54.4 Å². The number of carbonyl (C=O) groups is 1. The molecule has 172 valence electrons. The number of nitrogens with zero attached hydrogens (tertiary/aromatic N) is 5. The van der Waals surface area contributed by atoms with Crippen LogP contribution in [0.4, 0.5) is 35.3 Å². The summed E-state index contributed by atoms with van der Waals surface area (Å²) >= 11 is 0. The maximum Gasteiger partial charge on any atom is 0.416 e. The van der Waals surface area contributed by atoms with Crippen LogP contribution in [0.1, 0.15) is 25.3 Å². The van der Waals surface area contributed by atoms with Crippen LogP contribution in [0.3, 0.4) is 0 Å². The van der Waals surface area contributed by atoms with E-state index in [9.17, 15) is 18.0 Å². The smallest absolute Gasteiger partial charge is 0.355 e. The van der Waals surface area contributed by atoms with Gasteiger partial charge in [0.1, 0.15) is 0 Å². The van der Waals surface area contributed by atoms with Crippen LogP contribution in [0.5, 0.6) is 0 Å². The predicted octanol–water partition coefficient (Wildman–Crippen LogP) is 4.09. The highest BCUT2D eigenvalue weighted by Crippen LogP contribution is 2.30. The van der Waals surface area contributed by atoms with E-state index in [0.29, 0.717) is 26.2 Å². The molecule has 4 rings (SSSR count). The number of rotatable bonds is 3. The molecule has 0 atom stereocenters. The topological polar surface area (TPSA) is 64.6 Å². The third-order valence-corrected chi connectivity index (χ3v) is 6.08. The van der Waals surface area contributed by atoms with E-state index in [2.05, 4.69) is 32.2 Å². The van der Waals surface area contributed by atoms with E-state index in [1.165, 1.54) is 12.1 Å². The fraction of sp³-hybridized carbons (Fsp3) is 0.500. The Morgan fingerprint density at radius 1 is 0.938 bits per heavy atom. The van der Waals surface area contributed by atoms with Gasteiger partial charge in [0.25, 0.3) is 0 Å². The van der Waals surface area contributed by atoms with E-state index in [-0.39, 0.29) is 5.69 Å². The molecule has 2 amide bonds. The van der Waals surface area contributed by atoms with Crippen LogP contribution in [0.15, 0.2) is 36.4 Å². The zero-order chi connectivity index (χ0) is 22.7. The number of carbonyl (C=O) groups excluding carboxylic acids is 1. The first-order valence-electron chi connectivity index (χ1n) is 10.9. The van der Waals surface area contributed by atoms with Gasteiger partial charge >= 0.3 is 12.2 Å². The van der Waals surface area contributed by atoms with Crippen LogP contribution < -0.4 is 15.1 Å². The third kappa shape index (κ3) is 5.23. The van der Waals surface area contributed by atoms with E-state index in [0.717, 1.165) is 55.6 Å². The number of halogens is 3. The van der Waals surface area contributed by atoms with E-state index in [1.807, 2.05) is 12.1 Å². The van der Waals surface area contributed by atoms with E-state index in [4.69, 9.17) is 0 Å². The Morgan fingerprint density at radius 3 is 2.09 bits per heavy atom. The molecule has 10 heteroatoms. The van der Waals surface area contributed by atoms with Crippen LogP contribution in [-0.4, -0.2) is 60.4 Å². The summed E-state index contributed by atoms with van der Waals surface area (Å²) in [6.45, 7) is 6.29. The van der Waals surface area contributed by atoms with Crippen molar-refractivity contribution in [3.05, 3.63) is 42.0 Å². The minimum absolute atomic E-state index is 0.126. The number of piperazine rings is 1. The number of benzene rings is 1. The summed E-state index contributed by atoms with van der Waals surface area (Å²) in [4.78, 5) is 18.4. The summed E-state index contributed by atoms with van der Waals surface area (Å²) in [6, 6.07) is 8.18. The third-order valence-electron chi connectivity index (χ3n) is 6.08. The van der Waals surface area contributed by atoms with Crippen molar-refractivity contribution in [1.29, 1.82) is 0 Å². The summed E-state index contributed by atoms with van der Waals surface area (Å²) in [6.07, 6.45) is -2.13. The number of hydrogen-bond acceptors (Lipinski definition) is 5. The Hall–Kier alpha value is -3.04. The van der Waals surface area contributed by atoms with Crippen LogP contribution in [0.25, 0.3) is 0 Å². The molecule has 2 saturated heterocycles. The largest absolute Gasteiger partial charge is 0.416 e. The van der Waals surface area contributed by atoms with Gasteiger partial charge in [-0.05, 0) is 49.1 Å². The highest BCUT2D eigenvalue weighted by Gasteiger charge is 2.31. The first-order valence-corrected chi connectivity index (χ1v) is 10.9. The predicted molar refractivity (Wildman–Crippen MR) is 117 cm³/mol. The second kappa shape index (κ2) is 9.22. The molecule has 2 fully saturated rings. The summed E-state index contributed by atoms with van der Waals surface area (Å²) in [7, 11) is 0. The lowest BCUT2D eigenvalue weighted by Crippen LogP contribution is -2.50. The van der Waals surface area contributed by atoms with Crippen LogP contribution in [0.2, 0.25) is 0 Å². The average Bonchev–Trinajstić information content (AvgIpc) is 2.79. The summed E-state index contributed by atoms with van der Waals surface area (Å²) in [5.41, 5.74) is -0.665. The number of amides is 2. The van der Waals surface area contributed by atoms with Gasteiger partial charge in [-0.25, -0.2) is 4.79 Å². The van der Waals surface area contributed by atoms with E-state index in [1.54, 1.807) is 4.90 Å². The maximum absolute atomic E-state index is 12.9. The molecule has 2 aliphatic rings. The average molecular weight is 448 g/mol. The summed E-state index contributed by atoms with van der Waals surface area (Å²) in [5.74, 6) is 2.40. The number of anilines is 3. The zero-order valence-electron chi connectivity index (χ0n) is 18.0. The SMILES string of the molecule is CC1CCN(c2ccc(N3CCN(C(=O)Nc4cccc(C(F)(F)F)c4)CC3)nn2)CC1. The molecule has 32 heavy (non-hydrogen) atoms. The maximum atomic E-state index is 12.9. The molecule has 3 heterocycles. The molecule has 0 saturated carbocycles. The fourth-order valence-corrected chi connectivity index (χ4v) is 4.01. The van der Waals surface area contributed by atoms with Gasteiger partial charge in [0.15, 0.2) is 11.6 Å². The Balaban J connectivity index is 1.30. The number of urea groups is 1. The zero-order valence-corrected chi connectivity index (χ0v) is 18.0. The van der Waals surface area contributed by atoms with Crippen molar-refractivity contribution in [1.82, 2.24) is 15.1 Å². The fourth-order valence-electron chi connectivity index (χ4n) is 4.01. The van der Waals surface area contributed by atoms with Crippen LogP contribution in [-0.2, 0) is 6.18 Å². The van der Waals surface area contributed by atoms with Gasteiger partial charge in [-0.2, -0.15) is 13.2 Å². The molecule has 1 N–H and O–H groups in total. The standard InChI is InChI=1S/C22H27F3N6O/c1-16-7-9-29(10-8-16)19-5-6-20(28-27-19)30-11-13-31(14-12-30)21(32)26-18-4-2-3-17(15-18)22(23,24)25/h2-6,15-16H,7-14H2,1H3,(H,26,32). The number of nitrogens with one attached hydrogen (secondary N) is 1. The minimum Gasteiger partial charge on any atom is -0.355 e. The lowest BCUT2D eigenvalue weighted by molar-refractivity contribution is -0.137. The second-order valence-electron chi connectivity index (χ2n) is 8.40. The highest BCUT2D eigenvalue weighted by molar-refractivity contribution is 5.89. The number of piperidine rings is 1. The normalized spacial score (nSPS) is 18.1. The Labute approximate surface area is 185 Å². The first-order chi connectivity index (χ1) is 15.3. The lowest BCUT2D eigenvalue weighted by atomic mass is 9.99. The highest BCUT2D eigenvalue weighted by atomic mass is 19.4. The molecule has 1 aromatic heterocycles. The van der Waals surface area contributed by atoms with Gasteiger partial charge in [-0.3, -0.25) is 0 Å². The number of alkyl halides is 3. The van der Waals surface area contributed by atoms with Crippen molar-refractivity contribution in [2.24, 2.45) is 5.92 Å². The van der Waals surface area contributed by atoms with Gasteiger partial charge in [0.2, 0.25) is 0 Å². The molecule has 7 nitrogen and oxygen atoms in total. The molecule has 0 unspecified atom stereocenters. The quantitative estimate of drug-likeness (QED) is 0.767. The summed E-state index contributed by atoms with van der Waals surface area (Å²) < 4.78 is 38.6. The first kappa shape index (κ1) is 22.2. The van der Waals surface area contributed by atoms with Gasteiger partial charge in [-0.1, -0.05) is 13.0 Å². The second-order valence-corrected chi connectivity index (χ2v) is 8.40. The summed E-state index contributed by atoms with van der Waals surface area (Å²) in [5, 5.41) is 11.3. The Kier molecular flexibility index (Phi) is 6.38. The molecule has 2 aliphatic heterocycles. The van der Waals surface area contributed by atoms with Crippen LogP contribution in [0, 0.1) is 5.92 Å². The Morgan fingerprint density at radius 2 is 1.53 bits per heavy atom. The van der Waals surface area contributed by atoms with Gasteiger partial charge in [0, 0.05) is 45.0 Å². The molecular formula is C22H27F3N6O. The van der Waals surface area contributed by atoms with Crippen molar-refractivity contribution in [2.45, 2.75) is 25.9 Å². The molecule has 1 aromatic carbocycles. The molecule has 2 aromatic rings. The van der Waals surface area contributed by atoms with E-state index < -0.39 is 17.8 Å². The van der Waals surface area contributed by atoms with Crippen LogP contribution >= 0.6 is 0 Å². The molecule has 0 aliphatic carbocycles. The molecule has 0 bridgehead atoms. The monoisotopic (exact) mass is 448 g/mol. The van der Waals surface area contributed by atoms with Gasteiger partial charge in [0.05, 0.1) is 5.56 Å². The lowest BCUT2D eigenvalue weighted by Gasteiger charge is -2.35. The molecule has 0 spiro atoms. The van der Waals surface area contributed by atoms with Crippen molar-refractivity contribution in [3.63, 3.8) is 0 Å². The van der Waals surface area contributed by atoms with Gasteiger partial charge in [-0.15, -0.1) is 10.2 Å². The van der Waals surface area contributed by atoms with Crippen molar-refractivity contribution >= 4 is 23.4 Å². The van der Waals surface area contributed by atoms with E-state index >= 15 is 0 Å².